The number of ether oxygens (including phenoxy) is 1. The van der Waals surface area contributed by atoms with E-state index in [1.165, 1.54) is 6.92 Å². The van der Waals surface area contributed by atoms with Crippen molar-refractivity contribution < 1.29 is 9.53 Å². The predicted molar refractivity (Wildman–Crippen MR) is 81.4 cm³/mol. The summed E-state index contributed by atoms with van der Waals surface area (Å²) in [6.45, 7) is 7.95. The van der Waals surface area contributed by atoms with Crippen LogP contribution < -0.4 is 10.1 Å². The van der Waals surface area contributed by atoms with Gasteiger partial charge in [0.2, 0.25) is 5.91 Å². The summed E-state index contributed by atoms with van der Waals surface area (Å²) >= 11 is 1.66. The predicted octanol–water partition coefficient (Wildman–Crippen LogP) is 3.61. The maximum absolute atomic E-state index is 11.1. The van der Waals surface area contributed by atoms with E-state index in [2.05, 4.69) is 10.3 Å². The smallest absolute Gasteiger partial charge is 0.221 e. The zero-order valence-electron chi connectivity index (χ0n) is 12.1. The maximum atomic E-state index is 11.1. The number of nitrogens with one attached hydrogen (secondary N) is 1. The monoisotopic (exact) mass is 290 g/mol. The van der Waals surface area contributed by atoms with Crippen LogP contribution in [0.2, 0.25) is 0 Å². The molecule has 5 heteroatoms. The molecule has 0 aliphatic heterocycles. The molecule has 106 valence electrons. The van der Waals surface area contributed by atoms with E-state index >= 15 is 0 Å². The molecule has 1 heterocycles. The van der Waals surface area contributed by atoms with E-state index in [0.29, 0.717) is 6.61 Å². The van der Waals surface area contributed by atoms with Crippen molar-refractivity contribution in [2.45, 2.75) is 34.3 Å². The second-order valence-corrected chi connectivity index (χ2v) is 5.98. The topological polar surface area (TPSA) is 51.2 Å². The minimum atomic E-state index is -0.0717. The molecule has 4 nitrogen and oxygen atoms in total. The van der Waals surface area contributed by atoms with E-state index in [0.717, 1.165) is 32.6 Å². The van der Waals surface area contributed by atoms with Gasteiger partial charge in [0.05, 0.1) is 15.6 Å². The SMILES string of the molecule is CC(=O)Nc1ccc(OCc2sc(C)nc2C)cc1C. The van der Waals surface area contributed by atoms with Gasteiger partial charge in [0.25, 0.3) is 0 Å². The molecule has 0 bridgehead atoms. The Hall–Kier alpha value is -1.88. The highest BCUT2D eigenvalue weighted by Gasteiger charge is 2.07. The van der Waals surface area contributed by atoms with Crippen molar-refractivity contribution in [3.8, 4) is 5.75 Å². The minimum absolute atomic E-state index is 0.0717. The number of rotatable bonds is 4. The van der Waals surface area contributed by atoms with Gasteiger partial charge in [-0.1, -0.05) is 0 Å². The highest BCUT2D eigenvalue weighted by atomic mass is 32.1. The van der Waals surface area contributed by atoms with Crippen molar-refractivity contribution in [3.63, 3.8) is 0 Å². The van der Waals surface area contributed by atoms with E-state index in [-0.39, 0.29) is 5.91 Å². The number of benzene rings is 1. The Morgan fingerprint density at radius 1 is 1.35 bits per heavy atom. The molecule has 0 radical (unpaired) electrons. The Bertz CT molecular complexity index is 635. The molecule has 0 aliphatic carbocycles. The Kier molecular flexibility index (Phi) is 4.39. The van der Waals surface area contributed by atoms with Crippen molar-refractivity contribution in [3.05, 3.63) is 39.3 Å². The lowest BCUT2D eigenvalue weighted by Gasteiger charge is -2.10. The zero-order valence-corrected chi connectivity index (χ0v) is 12.9. The summed E-state index contributed by atoms with van der Waals surface area (Å²) in [5.41, 5.74) is 2.82. The molecule has 1 aromatic heterocycles. The summed E-state index contributed by atoms with van der Waals surface area (Å²) in [6, 6.07) is 5.65. The normalized spacial score (nSPS) is 10.4. The third kappa shape index (κ3) is 3.57. The van der Waals surface area contributed by atoms with Crippen molar-refractivity contribution in [1.29, 1.82) is 0 Å². The molecule has 20 heavy (non-hydrogen) atoms. The van der Waals surface area contributed by atoms with Gasteiger partial charge >= 0.3 is 0 Å². The van der Waals surface area contributed by atoms with Gasteiger partial charge in [-0.15, -0.1) is 11.3 Å². The molecule has 2 rings (SSSR count). The minimum Gasteiger partial charge on any atom is -0.488 e. The lowest BCUT2D eigenvalue weighted by atomic mass is 10.2. The highest BCUT2D eigenvalue weighted by molar-refractivity contribution is 7.11. The maximum Gasteiger partial charge on any atom is 0.221 e. The summed E-state index contributed by atoms with van der Waals surface area (Å²) in [5, 5.41) is 3.84. The average Bonchev–Trinajstić information content (AvgIpc) is 2.68. The Morgan fingerprint density at radius 3 is 2.65 bits per heavy atom. The average molecular weight is 290 g/mol. The highest BCUT2D eigenvalue weighted by Crippen LogP contribution is 2.24. The number of nitrogens with zero attached hydrogens (tertiary/aromatic N) is 1. The number of carbonyl (C=O) groups is 1. The second-order valence-electron chi connectivity index (χ2n) is 4.69. The third-order valence-corrected chi connectivity index (χ3v) is 3.92. The number of anilines is 1. The van der Waals surface area contributed by atoms with Crippen LogP contribution in [0.3, 0.4) is 0 Å². The molecule has 0 saturated carbocycles. The number of hydrogen-bond acceptors (Lipinski definition) is 4. The first-order valence-electron chi connectivity index (χ1n) is 6.39. The first-order valence-corrected chi connectivity index (χ1v) is 7.21. The van der Waals surface area contributed by atoms with Gasteiger partial charge in [-0.3, -0.25) is 4.79 Å². The fourth-order valence-corrected chi connectivity index (χ4v) is 2.76. The Balaban J connectivity index is 2.05. The van der Waals surface area contributed by atoms with Crippen LogP contribution >= 0.6 is 11.3 Å². The van der Waals surface area contributed by atoms with Gasteiger partial charge in [0.1, 0.15) is 12.4 Å². The van der Waals surface area contributed by atoms with Crippen molar-refractivity contribution in [2.75, 3.05) is 5.32 Å². The fourth-order valence-electron chi connectivity index (χ4n) is 1.91. The number of hydrogen-bond donors (Lipinski definition) is 1. The van der Waals surface area contributed by atoms with Gasteiger partial charge in [-0.2, -0.15) is 0 Å². The summed E-state index contributed by atoms with van der Waals surface area (Å²) < 4.78 is 5.78. The summed E-state index contributed by atoms with van der Waals surface area (Å²) in [4.78, 5) is 16.6. The molecular formula is C15H18N2O2S. The Morgan fingerprint density at radius 2 is 2.10 bits per heavy atom. The molecule has 0 unspecified atom stereocenters. The molecule has 0 saturated heterocycles. The molecule has 1 N–H and O–H groups in total. The van der Waals surface area contributed by atoms with E-state index in [1.807, 2.05) is 39.0 Å². The van der Waals surface area contributed by atoms with Crippen LogP contribution in [-0.4, -0.2) is 10.9 Å². The molecule has 0 aliphatic rings. The van der Waals surface area contributed by atoms with Gasteiger partial charge < -0.3 is 10.1 Å². The zero-order chi connectivity index (χ0) is 14.7. The van der Waals surface area contributed by atoms with Gasteiger partial charge in [0, 0.05) is 12.6 Å². The van der Waals surface area contributed by atoms with Crippen LogP contribution in [0.1, 0.15) is 28.1 Å². The van der Waals surface area contributed by atoms with E-state index < -0.39 is 0 Å². The number of thiazole rings is 1. The van der Waals surface area contributed by atoms with E-state index in [4.69, 9.17) is 4.74 Å². The first kappa shape index (κ1) is 14.5. The Labute approximate surface area is 122 Å². The largest absolute Gasteiger partial charge is 0.488 e. The van der Waals surface area contributed by atoms with Crippen molar-refractivity contribution >= 4 is 22.9 Å². The van der Waals surface area contributed by atoms with E-state index in [9.17, 15) is 4.79 Å². The summed E-state index contributed by atoms with van der Waals surface area (Å²) in [7, 11) is 0. The van der Waals surface area contributed by atoms with Crippen LogP contribution in [0.25, 0.3) is 0 Å². The molecule has 1 amide bonds. The summed E-state index contributed by atoms with van der Waals surface area (Å²) in [6.07, 6.45) is 0. The molecule has 1 aromatic carbocycles. The fraction of sp³-hybridized carbons (Fsp3) is 0.333. The first-order chi connectivity index (χ1) is 9.45. The molecule has 0 atom stereocenters. The molecule has 0 fully saturated rings. The van der Waals surface area contributed by atoms with Crippen LogP contribution in [-0.2, 0) is 11.4 Å². The van der Waals surface area contributed by atoms with Gasteiger partial charge in [0.15, 0.2) is 0 Å². The van der Waals surface area contributed by atoms with Gasteiger partial charge in [-0.25, -0.2) is 4.98 Å². The third-order valence-electron chi connectivity index (χ3n) is 2.88. The number of amides is 1. The number of carbonyl (C=O) groups excluding carboxylic acids is 1. The van der Waals surface area contributed by atoms with Crippen molar-refractivity contribution in [1.82, 2.24) is 4.98 Å². The standard InChI is InChI=1S/C15H18N2O2S/c1-9-7-13(5-6-14(9)17-11(3)18)19-8-15-10(2)16-12(4)20-15/h5-7H,8H2,1-4H3,(H,17,18). The number of aryl methyl sites for hydroxylation is 3. The molecular weight excluding hydrogens is 272 g/mol. The van der Waals surface area contributed by atoms with Crippen LogP contribution in [0.5, 0.6) is 5.75 Å². The summed E-state index contributed by atoms with van der Waals surface area (Å²) in [5.74, 6) is 0.722. The van der Waals surface area contributed by atoms with Crippen molar-refractivity contribution in [2.24, 2.45) is 0 Å². The lowest BCUT2D eigenvalue weighted by molar-refractivity contribution is -0.114. The van der Waals surface area contributed by atoms with Crippen LogP contribution in [0.4, 0.5) is 5.69 Å². The lowest BCUT2D eigenvalue weighted by Crippen LogP contribution is -2.07. The quantitative estimate of drug-likeness (QED) is 0.936. The molecule has 0 spiro atoms. The van der Waals surface area contributed by atoms with Gasteiger partial charge in [-0.05, 0) is 44.5 Å². The van der Waals surface area contributed by atoms with Crippen LogP contribution in [0.15, 0.2) is 18.2 Å². The number of aromatic nitrogens is 1. The van der Waals surface area contributed by atoms with E-state index in [1.54, 1.807) is 11.3 Å². The second kappa shape index (κ2) is 6.05. The molecule has 2 aromatic rings. The van der Waals surface area contributed by atoms with Crippen LogP contribution in [0, 0.1) is 20.8 Å².